The maximum absolute atomic E-state index is 13.2. The predicted molar refractivity (Wildman–Crippen MR) is 173 cm³/mol. The smallest absolute Gasteiger partial charge is 0.284 e. The predicted octanol–water partition coefficient (Wildman–Crippen LogP) is 5.42. The molecule has 9 heteroatoms. The Morgan fingerprint density at radius 2 is 1.54 bits per heavy atom. The van der Waals surface area contributed by atoms with Crippen LogP contribution in [0.2, 0.25) is 5.04 Å². The lowest BCUT2D eigenvalue weighted by atomic mass is 9.89. The van der Waals surface area contributed by atoms with Crippen molar-refractivity contribution in [1.82, 2.24) is 5.01 Å². The highest BCUT2D eigenvalue weighted by molar-refractivity contribution is 8.13. The Balaban J connectivity index is 1.31. The Morgan fingerprint density at radius 3 is 2.07 bits per heavy atom. The van der Waals surface area contributed by atoms with Crippen LogP contribution in [-0.4, -0.2) is 50.7 Å². The van der Waals surface area contributed by atoms with Gasteiger partial charge < -0.3 is 4.80 Å². The van der Waals surface area contributed by atoms with Crippen LogP contribution in [0.25, 0.3) is 0 Å². The number of hydrazone groups is 1. The second kappa shape index (κ2) is 11.9. The minimum atomic E-state index is -3.88. The zero-order valence-corrected chi connectivity index (χ0v) is 26.7. The van der Waals surface area contributed by atoms with E-state index in [2.05, 4.69) is 23.3 Å². The van der Waals surface area contributed by atoms with Crippen molar-refractivity contribution in [3.8, 4) is 0 Å². The van der Waals surface area contributed by atoms with Gasteiger partial charge in [0.1, 0.15) is 0 Å². The molecule has 1 spiro atoms. The normalized spacial score (nSPS) is 17.5. The largest absolute Gasteiger partial charge is 0.424 e. The fraction of sp³-hybridized carbons (Fsp3) is 0.375. The van der Waals surface area contributed by atoms with Gasteiger partial charge in [0.25, 0.3) is 18.3 Å². The number of rotatable bonds is 8. The minimum absolute atomic E-state index is 0.0612. The Kier molecular flexibility index (Phi) is 8.62. The van der Waals surface area contributed by atoms with E-state index in [-0.39, 0.29) is 15.3 Å². The van der Waals surface area contributed by atoms with E-state index in [9.17, 15) is 13.2 Å². The molecule has 1 fully saturated rings. The van der Waals surface area contributed by atoms with Crippen molar-refractivity contribution in [2.75, 3.05) is 12.8 Å². The lowest BCUT2D eigenvalue weighted by molar-refractivity contribution is 0.352. The molecule has 3 aromatic carbocycles. The summed E-state index contributed by atoms with van der Waals surface area (Å²) in [6, 6.07) is 27.0. The van der Waals surface area contributed by atoms with Crippen LogP contribution in [0.4, 0.5) is 0 Å². The first kappa shape index (κ1) is 29.8. The van der Waals surface area contributed by atoms with E-state index in [4.69, 9.17) is 0 Å². The topological polar surface area (TPSA) is 82.3 Å². The van der Waals surface area contributed by atoms with Gasteiger partial charge in [-0.2, -0.15) is 13.5 Å². The molecular formula is C32H39N3O3S2Si. The van der Waals surface area contributed by atoms with E-state index < -0.39 is 18.3 Å². The molecular weight excluding hydrogens is 567 g/mol. The third-order valence-corrected chi connectivity index (χ3v) is 15.4. The van der Waals surface area contributed by atoms with Crippen LogP contribution in [0.15, 0.2) is 99.3 Å². The van der Waals surface area contributed by atoms with Crippen LogP contribution < -0.4 is 10.4 Å². The van der Waals surface area contributed by atoms with Crippen LogP contribution in [0, 0.1) is 5.41 Å². The fourth-order valence-electron chi connectivity index (χ4n) is 6.17. The number of nitrogens with zero attached hydrogens (tertiary/aromatic N) is 3. The van der Waals surface area contributed by atoms with E-state index in [1.807, 2.05) is 85.3 Å². The van der Waals surface area contributed by atoms with Gasteiger partial charge in [-0.05, 0) is 65.0 Å². The second-order valence-electron chi connectivity index (χ2n) is 11.9. The maximum Gasteiger partial charge on any atom is 0.284 e. The summed E-state index contributed by atoms with van der Waals surface area (Å²) in [6.07, 6.45) is 9.85. The van der Waals surface area contributed by atoms with Gasteiger partial charge in [-0.3, -0.25) is 0 Å². The quantitative estimate of drug-likeness (QED) is 0.211. The van der Waals surface area contributed by atoms with Crippen molar-refractivity contribution < 1.29 is 13.2 Å². The van der Waals surface area contributed by atoms with Gasteiger partial charge in [0.15, 0.2) is 5.17 Å². The minimum Gasteiger partial charge on any atom is -0.424 e. The van der Waals surface area contributed by atoms with Crippen molar-refractivity contribution in [1.29, 1.82) is 0 Å². The van der Waals surface area contributed by atoms with Crippen molar-refractivity contribution in [3.63, 3.8) is 0 Å². The highest BCUT2D eigenvalue weighted by atomic mass is 32.2. The molecule has 216 valence electrons. The van der Waals surface area contributed by atoms with Crippen molar-refractivity contribution in [2.24, 2.45) is 14.9 Å². The molecule has 1 N–H and O–H groups in total. The molecule has 1 aliphatic heterocycles. The van der Waals surface area contributed by atoms with Crippen LogP contribution in [-0.2, 0) is 16.4 Å². The Bertz CT molecular complexity index is 1460. The van der Waals surface area contributed by atoms with Crippen LogP contribution in [0.3, 0.4) is 0 Å². The average Bonchev–Trinajstić information content (AvgIpc) is 3.64. The van der Waals surface area contributed by atoms with Gasteiger partial charge in [0.2, 0.25) is 0 Å². The number of aryl methyl sites for hydroxylation is 1. The van der Waals surface area contributed by atoms with Crippen molar-refractivity contribution in [2.45, 2.75) is 62.3 Å². The molecule has 41 heavy (non-hydrogen) atoms. The van der Waals surface area contributed by atoms with E-state index in [1.54, 1.807) is 17.1 Å². The molecule has 0 bridgehead atoms. The molecule has 0 radical (unpaired) electrons. The summed E-state index contributed by atoms with van der Waals surface area (Å²) >= 11 is 1.31. The molecule has 5 rings (SSSR count). The average molecular weight is 606 g/mol. The zero-order valence-electron chi connectivity index (χ0n) is 24.0. The molecule has 0 amide bonds. The first-order valence-electron chi connectivity index (χ1n) is 14.2. The molecule has 6 nitrogen and oxygen atoms in total. The number of benzene rings is 3. The molecule has 3 aromatic rings. The molecule has 0 aromatic heterocycles. The zero-order chi connectivity index (χ0) is 29.1. The molecule has 0 atom stereocenters. The summed E-state index contributed by atoms with van der Waals surface area (Å²) in [5.41, 5.74) is 1.09. The first-order chi connectivity index (χ1) is 19.6. The number of hydrogen-bond donors (Lipinski definition) is 1. The summed E-state index contributed by atoms with van der Waals surface area (Å²) in [6.45, 7) is 4.99. The maximum atomic E-state index is 13.2. The molecule has 0 saturated heterocycles. The van der Waals surface area contributed by atoms with Gasteiger partial charge in [0, 0.05) is 11.6 Å². The van der Waals surface area contributed by atoms with Crippen LogP contribution in [0.5, 0.6) is 0 Å². The highest BCUT2D eigenvalue weighted by Crippen LogP contribution is 2.41. The Hall–Kier alpha value is -2.72. The van der Waals surface area contributed by atoms with E-state index in [0.717, 1.165) is 35.2 Å². The van der Waals surface area contributed by atoms with E-state index >= 15 is 0 Å². The lowest BCUT2D eigenvalue weighted by Gasteiger charge is -2.41. The molecule has 2 aliphatic rings. The Morgan fingerprint density at radius 1 is 0.976 bits per heavy atom. The summed E-state index contributed by atoms with van der Waals surface area (Å²) in [4.78, 5) is 12.6. The number of thioether (sulfide) groups is 1. The first-order valence-corrected chi connectivity index (χ1v) is 18.8. The van der Waals surface area contributed by atoms with Crippen LogP contribution >= 0.6 is 11.8 Å². The number of sulfonamides is 1. The molecule has 1 aliphatic carbocycles. The Labute approximate surface area is 249 Å². The van der Waals surface area contributed by atoms with Gasteiger partial charge in [-0.15, -0.1) is 4.40 Å². The van der Waals surface area contributed by atoms with Gasteiger partial charge in [0.05, 0.1) is 11.4 Å². The lowest BCUT2D eigenvalue weighted by Crippen LogP contribution is -2.65. The van der Waals surface area contributed by atoms with E-state index in [1.165, 1.54) is 24.6 Å². The number of hydrogen-bond acceptors (Lipinski definition) is 5. The number of amidine groups is 1. The third-order valence-electron chi connectivity index (χ3n) is 8.76. The SMILES string of the molecule is CS/C(=N\S(=O)(=O)c1ccc(CCC(C)(C)[Si](O)(c2ccccc2)c2ccccc2)cc1)N1CC2(C=N1)CCCC2. The highest BCUT2D eigenvalue weighted by Gasteiger charge is 2.49. The van der Waals surface area contributed by atoms with Crippen molar-refractivity contribution in [3.05, 3.63) is 90.5 Å². The molecule has 0 unspecified atom stereocenters. The summed E-state index contributed by atoms with van der Waals surface area (Å²) in [7, 11) is -6.99. The van der Waals surface area contributed by atoms with Gasteiger partial charge in [-0.25, -0.2) is 5.01 Å². The second-order valence-corrected chi connectivity index (χ2v) is 18.2. The monoisotopic (exact) mass is 605 g/mol. The van der Waals surface area contributed by atoms with Gasteiger partial charge >= 0.3 is 0 Å². The van der Waals surface area contributed by atoms with Crippen LogP contribution in [0.1, 0.15) is 51.5 Å². The summed E-state index contributed by atoms with van der Waals surface area (Å²) in [5.74, 6) is 0. The summed E-state index contributed by atoms with van der Waals surface area (Å²) in [5, 5.41) is 8.26. The fourth-order valence-corrected chi connectivity index (χ4v) is 11.7. The van der Waals surface area contributed by atoms with Crippen molar-refractivity contribution >= 4 is 51.9 Å². The standard InChI is InChI=1S/C32H39N3O3S2Si/c1-31(2,41(38,28-12-6-4-7-13-28)29-14-8-5-9-15-29)23-20-26-16-18-27(19-17-26)40(36,37)34-30(39-3)35-25-32(24-33-35)21-10-11-22-32/h4-9,12-19,24,38H,10-11,20-23,25H2,1-3H3/b34-30-. The molecule has 1 heterocycles. The van der Waals surface area contributed by atoms with Gasteiger partial charge in [-0.1, -0.05) is 111 Å². The molecule has 1 saturated carbocycles. The summed E-state index contributed by atoms with van der Waals surface area (Å²) < 4.78 is 30.7. The van der Waals surface area contributed by atoms with E-state index in [0.29, 0.717) is 18.1 Å². The third kappa shape index (κ3) is 6.09.